The van der Waals surface area contributed by atoms with Crippen molar-refractivity contribution in [2.75, 3.05) is 24.2 Å². The lowest BCUT2D eigenvalue weighted by Gasteiger charge is -2.14. The zero-order valence-corrected chi connectivity index (χ0v) is 16.3. The maximum Gasteiger partial charge on any atom is 0.234 e. The van der Waals surface area contributed by atoms with Crippen LogP contribution < -0.4 is 5.32 Å². The molecule has 2 aliphatic rings. The fourth-order valence-corrected chi connectivity index (χ4v) is 4.62. The molecule has 1 aliphatic heterocycles. The summed E-state index contributed by atoms with van der Waals surface area (Å²) in [5.74, 6) is 0.274. The number of hydrogen-bond acceptors (Lipinski definition) is 6. The van der Waals surface area contributed by atoms with Crippen molar-refractivity contribution in [1.82, 2.24) is 25.1 Å². The molecule has 0 bridgehead atoms. The summed E-state index contributed by atoms with van der Waals surface area (Å²) < 4.78 is 1.89. The van der Waals surface area contributed by atoms with Crippen LogP contribution in [0.3, 0.4) is 0 Å². The molecule has 27 heavy (non-hydrogen) atoms. The van der Waals surface area contributed by atoms with Crippen LogP contribution >= 0.6 is 11.8 Å². The molecule has 1 saturated carbocycles. The Morgan fingerprint density at radius 3 is 2.59 bits per heavy atom. The zero-order chi connectivity index (χ0) is 18.5. The van der Waals surface area contributed by atoms with Gasteiger partial charge >= 0.3 is 0 Å². The van der Waals surface area contributed by atoms with E-state index < -0.39 is 0 Å². The van der Waals surface area contributed by atoms with E-state index in [0.29, 0.717) is 11.8 Å². The van der Waals surface area contributed by atoms with E-state index in [1.807, 2.05) is 16.8 Å². The molecule has 0 unspecified atom stereocenters. The fourth-order valence-electron chi connectivity index (χ4n) is 3.88. The monoisotopic (exact) mass is 386 g/mol. The van der Waals surface area contributed by atoms with Crippen LogP contribution in [0.4, 0.5) is 5.69 Å². The van der Waals surface area contributed by atoms with Gasteiger partial charge in [-0.25, -0.2) is 4.68 Å². The van der Waals surface area contributed by atoms with E-state index in [0.717, 1.165) is 30.2 Å². The SMILES string of the molecule is O=C(CSc1nnnn1C1CCCC1)Nc1ccc(CN2CCCC2)cc1. The molecular formula is C19H26N6OS. The van der Waals surface area contributed by atoms with Gasteiger partial charge in [-0.15, -0.1) is 5.10 Å². The van der Waals surface area contributed by atoms with Crippen LogP contribution in [0, 0.1) is 0 Å². The predicted molar refractivity (Wildman–Crippen MR) is 106 cm³/mol. The average Bonchev–Trinajstić information content (AvgIpc) is 3.43. The van der Waals surface area contributed by atoms with E-state index in [-0.39, 0.29) is 5.91 Å². The molecule has 1 amide bonds. The van der Waals surface area contributed by atoms with E-state index >= 15 is 0 Å². The summed E-state index contributed by atoms with van der Waals surface area (Å²) in [4.78, 5) is 14.8. The topological polar surface area (TPSA) is 75.9 Å². The van der Waals surface area contributed by atoms with Crippen LogP contribution in [0.25, 0.3) is 0 Å². The first-order chi connectivity index (χ1) is 13.3. The molecule has 1 aromatic heterocycles. The number of likely N-dealkylation sites (tertiary alicyclic amines) is 1. The second-order valence-corrected chi connectivity index (χ2v) is 8.30. The molecule has 144 valence electrons. The van der Waals surface area contributed by atoms with Crippen molar-refractivity contribution in [3.8, 4) is 0 Å². The number of nitrogens with zero attached hydrogens (tertiary/aromatic N) is 5. The normalized spacial score (nSPS) is 18.2. The molecule has 2 aromatic rings. The molecule has 4 rings (SSSR count). The summed E-state index contributed by atoms with van der Waals surface area (Å²) in [7, 11) is 0. The molecule has 2 fully saturated rings. The number of tetrazole rings is 1. The molecule has 1 saturated heterocycles. The largest absolute Gasteiger partial charge is 0.325 e. The predicted octanol–water partition coefficient (Wildman–Crippen LogP) is 3.11. The van der Waals surface area contributed by atoms with Crippen LogP contribution in [0.5, 0.6) is 0 Å². The Morgan fingerprint density at radius 1 is 1.11 bits per heavy atom. The molecule has 0 atom stereocenters. The van der Waals surface area contributed by atoms with Crippen molar-refractivity contribution in [3.05, 3.63) is 29.8 Å². The summed E-state index contributed by atoms with van der Waals surface area (Å²) in [6.07, 6.45) is 7.29. The minimum atomic E-state index is -0.0340. The quantitative estimate of drug-likeness (QED) is 0.737. The fraction of sp³-hybridized carbons (Fsp3) is 0.579. The Hall–Kier alpha value is -1.93. The Labute approximate surface area is 163 Å². The molecule has 1 aliphatic carbocycles. The van der Waals surface area contributed by atoms with Gasteiger partial charge in [0.15, 0.2) is 0 Å². The number of thioether (sulfide) groups is 1. The van der Waals surface area contributed by atoms with Gasteiger partial charge < -0.3 is 5.32 Å². The average molecular weight is 387 g/mol. The number of nitrogens with one attached hydrogen (secondary N) is 1. The van der Waals surface area contributed by atoms with Crippen molar-refractivity contribution < 1.29 is 4.79 Å². The zero-order valence-electron chi connectivity index (χ0n) is 15.5. The van der Waals surface area contributed by atoms with Crippen LogP contribution in [-0.4, -0.2) is 49.9 Å². The van der Waals surface area contributed by atoms with E-state index in [9.17, 15) is 4.79 Å². The van der Waals surface area contributed by atoms with Crippen LogP contribution in [0.2, 0.25) is 0 Å². The van der Waals surface area contributed by atoms with Crippen molar-refractivity contribution in [2.45, 2.75) is 56.3 Å². The highest BCUT2D eigenvalue weighted by Crippen LogP contribution is 2.31. The third-order valence-corrected chi connectivity index (χ3v) is 6.24. The van der Waals surface area contributed by atoms with Crippen molar-refractivity contribution >= 4 is 23.4 Å². The summed E-state index contributed by atoms with van der Waals surface area (Å²) in [5.41, 5.74) is 2.13. The van der Waals surface area contributed by atoms with Crippen molar-refractivity contribution in [1.29, 1.82) is 0 Å². The molecule has 0 spiro atoms. The van der Waals surface area contributed by atoms with Crippen molar-refractivity contribution in [3.63, 3.8) is 0 Å². The van der Waals surface area contributed by atoms with Gasteiger partial charge in [-0.1, -0.05) is 36.7 Å². The van der Waals surface area contributed by atoms with E-state index in [4.69, 9.17) is 0 Å². The Balaban J connectivity index is 1.26. The van der Waals surface area contributed by atoms with Crippen LogP contribution in [0.1, 0.15) is 50.1 Å². The third-order valence-electron chi connectivity index (χ3n) is 5.31. The van der Waals surface area contributed by atoms with E-state index in [1.165, 1.54) is 56.1 Å². The minimum Gasteiger partial charge on any atom is -0.325 e. The van der Waals surface area contributed by atoms with Gasteiger partial charge in [0.1, 0.15) is 0 Å². The van der Waals surface area contributed by atoms with Crippen LogP contribution in [-0.2, 0) is 11.3 Å². The van der Waals surface area contributed by atoms with Gasteiger partial charge in [0.05, 0.1) is 11.8 Å². The minimum absolute atomic E-state index is 0.0340. The van der Waals surface area contributed by atoms with Gasteiger partial charge in [0.2, 0.25) is 11.1 Å². The summed E-state index contributed by atoms with van der Waals surface area (Å²) in [6, 6.07) is 8.55. The highest BCUT2D eigenvalue weighted by molar-refractivity contribution is 7.99. The lowest BCUT2D eigenvalue weighted by atomic mass is 10.2. The van der Waals surface area contributed by atoms with Crippen LogP contribution in [0.15, 0.2) is 29.4 Å². The number of carbonyl (C=O) groups is 1. The second-order valence-electron chi connectivity index (χ2n) is 7.36. The van der Waals surface area contributed by atoms with Gasteiger partial charge in [-0.3, -0.25) is 9.69 Å². The molecular weight excluding hydrogens is 360 g/mol. The lowest BCUT2D eigenvalue weighted by molar-refractivity contribution is -0.113. The molecule has 7 nitrogen and oxygen atoms in total. The van der Waals surface area contributed by atoms with Gasteiger partial charge in [0.25, 0.3) is 0 Å². The van der Waals surface area contributed by atoms with E-state index in [1.54, 1.807) is 0 Å². The number of benzene rings is 1. The first-order valence-electron chi connectivity index (χ1n) is 9.80. The molecule has 0 radical (unpaired) electrons. The summed E-state index contributed by atoms with van der Waals surface area (Å²) >= 11 is 1.40. The maximum absolute atomic E-state index is 12.3. The standard InChI is InChI=1S/C19H26N6OS/c26-18(14-27-19-21-22-23-25(19)17-5-1-2-6-17)20-16-9-7-15(8-10-16)13-24-11-3-4-12-24/h7-10,17H,1-6,11-14H2,(H,20,26). The number of carbonyl (C=O) groups excluding carboxylic acids is 1. The Morgan fingerprint density at radius 2 is 1.85 bits per heavy atom. The molecule has 1 aromatic carbocycles. The van der Waals surface area contributed by atoms with Gasteiger partial charge in [-0.05, 0) is 66.9 Å². The van der Waals surface area contributed by atoms with Gasteiger partial charge in [-0.2, -0.15) is 0 Å². The summed E-state index contributed by atoms with van der Waals surface area (Å²) in [6.45, 7) is 3.37. The third kappa shape index (κ3) is 4.87. The maximum atomic E-state index is 12.3. The Kier molecular flexibility index (Phi) is 6.03. The smallest absolute Gasteiger partial charge is 0.234 e. The number of hydrogen-bond donors (Lipinski definition) is 1. The highest BCUT2D eigenvalue weighted by atomic mass is 32.2. The molecule has 8 heteroatoms. The van der Waals surface area contributed by atoms with Crippen molar-refractivity contribution in [2.24, 2.45) is 0 Å². The second kappa shape index (κ2) is 8.84. The number of rotatable bonds is 7. The molecule has 1 N–H and O–H groups in total. The lowest BCUT2D eigenvalue weighted by Crippen LogP contribution is -2.18. The first-order valence-corrected chi connectivity index (χ1v) is 10.8. The highest BCUT2D eigenvalue weighted by Gasteiger charge is 2.22. The molecule has 2 heterocycles. The number of aromatic nitrogens is 4. The summed E-state index contributed by atoms with van der Waals surface area (Å²) in [5, 5.41) is 15.7. The van der Waals surface area contributed by atoms with E-state index in [2.05, 4.69) is 37.9 Å². The number of amides is 1. The number of anilines is 1. The van der Waals surface area contributed by atoms with Gasteiger partial charge in [0, 0.05) is 12.2 Å². The Bertz CT molecular complexity index is 750. The first kappa shape index (κ1) is 18.4.